The van der Waals surface area contributed by atoms with E-state index in [2.05, 4.69) is 19.9 Å². The van der Waals surface area contributed by atoms with Crippen LogP contribution in [0, 0.1) is 0 Å². The summed E-state index contributed by atoms with van der Waals surface area (Å²) >= 11 is 26.2. The maximum atomic E-state index is 14.0. The van der Waals surface area contributed by atoms with Gasteiger partial charge in [-0.1, -0.05) is 46.4 Å². The number of benzene rings is 2. The molecule has 0 aliphatic carbocycles. The minimum Gasteiger partial charge on any atom is -0.477 e. The zero-order chi connectivity index (χ0) is 33.1. The number of halogens is 4. The summed E-state index contributed by atoms with van der Waals surface area (Å²) in [5.74, 6) is -2.40. The van der Waals surface area contributed by atoms with Crippen molar-refractivity contribution < 1.29 is 37.6 Å². The van der Waals surface area contributed by atoms with Crippen molar-refractivity contribution in [2.45, 2.75) is 24.7 Å². The fourth-order valence-corrected chi connectivity index (χ4v) is 8.19. The highest BCUT2D eigenvalue weighted by atomic mass is 35.5. The lowest BCUT2D eigenvalue weighted by Gasteiger charge is -2.24. The largest absolute Gasteiger partial charge is 0.477 e. The van der Waals surface area contributed by atoms with Gasteiger partial charge in [0.2, 0.25) is 0 Å². The summed E-state index contributed by atoms with van der Waals surface area (Å²) in [6.07, 6.45) is -0.00317. The number of aliphatic hydroxyl groups is 2. The van der Waals surface area contributed by atoms with Crippen molar-refractivity contribution in [2.24, 2.45) is 0 Å². The third-order valence-corrected chi connectivity index (χ3v) is 10.5. The minimum atomic E-state index is -4.01. The molecule has 0 amide bonds. The zero-order valence-corrected chi connectivity index (χ0v) is 28.4. The molecule has 244 valence electrons. The van der Waals surface area contributed by atoms with Crippen LogP contribution in [0.15, 0.2) is 12.1 Å². The summed E-state index contributed by atoms with van der Waals surface area (Å²) in [5, 5.41) is 20.3. The summed E-state index contributed by atoms with van der Waals surface area (Å²) in [7, 11) is 1.55. The van der Waals surface area contributed by atoms with Crippen molar-refractivity contribution in [3.05, 3.63) is 43.4 Å². The zero-order valence-electron chi connectivity index (χ0n) is 24.6. The monoisotopic (exact) mass is 722 g/mol. The van der Waals surface area contributed by atoms with Crippen LogP contribution in [0.5, 0.6) is 23.5 Å². The van der Waals surface area contributed by atoms with Crippen LogP contribution in [0.2, 0.25) is 20.1 Å². The second-order valence-electron chi connectivity index (χ2n) is 9.89. The number of methoxy groups -OCH3 is 4. The topological polar surface area (TPSA) is 163 Å². The van der Waals surface area contributed by atoms with Crippen molar-refractivity contribution in [3.8, 4) is 23.5 Å². The van der Waals surface area contributed by atoms with E-state index >= 15 is 0 Å². The highest BCUT2D eigenvalue weighted by Crippen LogP contribution is 2.43. The molecule has 2 unspecified atom stereocenters. The minimum absolute atomic E-state index is 0.00158. The predicted octanol–water partition coefficient (Wildman–Crippen LogP) is 5.27. The van der Waals surface area contributed by atoms with Gasteiger partial charge in [0.25, 0.3) is 23.5 Å². The molecular weight excluding hydrogens is 694 g/mol. The Morgan fingerprint density at radius 1 is 0.644 bits per heavy atom. The van der Waals surface area contributed by atoms with E-state index in [1.54, 1.807) is 0 Å². The smallest absolute Gasteiger partial charge is 0.278 e. The molecule has 0 saturated carbocycles. The Morgan fingerprint density at radius 2 is 0.978 bits per heavy atom. The average molecular weight is 724 g/mol. The second kappa shape index (κ2) is 14.8. The molecule has 2 aromatic carbocycles. The molecule has 4 aromatic rings. The Balaban J connectivity index is 1.83. The highest BCUT2D eigenvalue weighted by Gasteiger charge is 2.32. The highest BCUT2D eigenvalue weighted by molar-refractivity contribution is 7.91. The maximum Gasteiger partial charge on any atom is 0.278 e. The number of fused-ring (bicyclic) bond motifs is 2. The first-order valence-corrected chi connectivity index (χ1v) is 16.7. The molecule has 12 nitrogen and oxygen atoms in total. The standard InChI is InChI=1S/C28H30Cl4N4O8S/c1-41-25-27(43-3)35-23-17(33-25)9-15(29)21(31)19(23)13(5-7-37)11-45(39,40)12-14(6-8-38)20-22(32)16(30)10-18-24(20)36-28(44-4)26(34-18)42-2/h9-10,13-14,37-38H,5-8,11-12H2,1-4H3. The van der Waals surface area contributed by atoms with Gasteiger partial charge in [0.15, 0.2) is 9.84 Å². The average Bonchev–Trinajstić information content (AvgIpc) is 3.00. The molecule has 2 aromatic heterocycles. The van der Waals surface area contributed by atoms with Gasteiger partial charge < -0.3 is 29.2 Å². The Hall–Kier alpha value is -2.65. The first kappa shape index (κ1) is 35.2. The molecule has 0 radical (unpaired) electrons. The van der Waals surface area contributed by atoms with Gasteiger partial charge in [-0.2, -0.15) is 0 Å². The van der Waals surface area contributed by atoms with E-state index in [1.165, 1.54) is 40.6 Å². The lowest BCUT2D eigenvalue weighted by Crippen LogP contribution is -2.24. The van der Waals surface area contributed by atoms with Crippen molar-refractivity contribution in [3.63, 3.8) is 0 Å². The SMILES string of the molecule is COc1nc2cc(Cl)c(Cl)c(C(CCO)CS(=O)(=O)CC(CCO)c3c(Cl)c(Cl)cc4nc(OC)c(OC)nc34)c2nc1OC. The molecule has 45 heavy (non-hydrogen) atoms. The Bertz CT molecular complexity index is 1710. The number of rotatable bonds is 14. The van der Waals surface area contributed by atoms with E-state index in [4.69, 9.17) is 65.4 Å². The summed E-state index contributed by atoms with van der Waals surface area (Å²) in [6.45, 7) is -0.736. The molecule has 4 rings (SSSR count). The van der Waals surface area contributed by atoms with Crippen LogP contribution in [-0.4, -0.2) is 91.7 Å². The van der Waals surface area contributed by atoms with Crippen LogP contribution < -0.4 is 18.9 Å². The number of nitrogens with zero attached hydrogens (tertiary/aromatic N) is 4. The number of hydrogen-bond acceptors (Lipinski definition) is 12. The van der Waals surface area contributed by atoms with Gasteiger partial charge in [-0.25, -0.2) is 28.4 Å². The fraction of sp³-hybridized carbons (Fsp3) is 0.429. The van der Waals surface area contributed by atoms with E-state index in [-0.39, 0.29) is 103 Å². The lowest BCUT2D eigenvalue weighted by molar-refractivity contribution is 0.278. The van der Waals surface area contributed by atoms with E-state index in [1.807, 2.05) is 0 Å². The predicted molar refractivity (Wildman–Crippen MR) is 173 cm³/mol. The molecule has 17 heteroatoms. The molecule has 2 N–H and O–H groups in total. The number of sulfone groups is 1. The summed E-state index contributed by atoms with van der Waals surface area (Å²) in [4.78, 5) is 17.8. The van der Waals surface area contributed by atoms with Gasteiger partial charge >= 0.3 is 0 Å². The van der Waals surface area contributed by atoms with E-state index < -0.39 is 33.2 Å². The summed E-state index contributed by atoms with van der Waals surface area (Å²) in [6, 6.07) is 2.96. The number of aliphatic hydroxyl groups excluding tert-OH is 2. The quantitative estimate of drug-likeness (QED) is 0.174. The molecular formula is C28H30Cl4N4O8S. The summed E-state index contributed by atoms with van der Waals surface area (Å²) in [5.41, 5.74) is 1.60. The van der Waals surface area contributed by atoms with Crippen LogP contribution in [0.3, 0.4) is 0 Å². The Kier molecular flexibility index (Phi) is 11.6. The van der Waals surface area contributed by atoms with Gasteiger partial charge in [0.05, 0.1) is 82.1 Å². The lowest BCUT2D eigenvalue weighted by atomic mass is 9.95. The van der Waals surface area contributed by atoms with E-state index in [0.29, 0.717) is 0 Å². The van der Waals surface area contributed by atoms with Crippen molar-refractivity contribution >= 4 is 78.3 Å². The third kappa shape index (κ3) is 7.35. The summed E-state index contributed by atoms with van der Waals surface area (Å²) < 4.78 is 49.1. The van der Waals surface area contributed by atoms with Gasteiger partial charge in [0.1, 0.15) is 0 Å². The molecule has 0 fully saturated rings. The number of ether oxygens (including phenoxy) is 4. The molecule has 0 bridgehead atoms. The fourth-order valence-electron chi connectivity index (χ4n) is 5.16. The first-order valence-electron chi connectivity index (χ1n) is 13.4. The maximum absolute atomic E-state index is 14.0. The Morgan fingerprint density at radius 3 is 1.29 bits per heavy atom. The van der Waals surface area contributed by atoms with Gasteiger partial charge in [-0.15, -0.1) is 0 Å². The molecule has 0 aliphatic heterocycles. The molecule has 0 saturated heterocycles. The van der Waals surface area contributed by atoms with Crippen LogP contribution in [0.25, 0.3) is 22.1 Å². The Labute approximate surface area is 279 Å². The van der Waals surface area contributed by atoms with Crippen LogP contribution >= 0.6 is 46.4 Å². The van der Waals surface area contributed by atoms with Crippen molar-refractivity contribution in [1.82, 2.24) is 19.9 Å². The normalized spacial score (nSPS) is 13.2. The van der Waals surface area contributed by atoms with E-state index in [9.17, 15) is 18.6 Å². The third-order valence-electron chi connectivity index (χ3n) is 7.11. The van der Waals surface area contributed by atoms with Gasteiger partial charge in [-0.05, 0) is 25.0 Å². The van der Waals surface area contributed by atoms with Gasteiger partial charge in [-0.3, -0.25) is 0 Å². The molecule has 0 spiro atoms. The van der Waals surface area contributed by atoms with Crippen LogP contribution in [-0.2, 0) is 9.84 Å². The molecule has 0 aliphatic rings. The second-order valence-corrected chi connectivity index (χ2v) is 13.6. The number of aromatic nitrogens is 4. The van der Waals surface area contributed by atoms with Crippen LogP contribution in [0.4, 0.5) is 0 Å². The van der Waals surface area contributed by atoms with Crippen molar-refractivity contribution in [2.75, 3.05) is 53.2 Å². The number of hydrogen-bond donors (Lipinski definition) is 2. The van der Waals surface area contributed by atoms with Crippen molar-refractivity contribution in [1.29, 1.82) is 0 Å². The molecule has 2 atom stereocenters. The van der Waals surface area contributed by atoms with E-state index in [0.717, 1.165) is 0 Å². The van der Waals surface area contributed by atoms with Gasteiger partial charge in [0, 0.05) is 36.2 Å². The van der Waals surface area contributed by atoms with Crippen LogP contribution in [0.1, 0.15) is 35.8 Å². The first-order chi connectivity index (χ1) is 21.4. The molecule has 2 heterocycles.